The first-order valence-corrected chi connectivity index (χ1v) is 5.51. The zero-order chi connectivity index (χ0) is 11.1. The summed E-state index contributed by atoms with van der Waals surface area (Å²) in [5, 5.41) is 19.5. The molecule has 0 atom stereocenters. The molecule has 15 heavy (non-hydrogen) atoms. The Morgan fingerprint density at radius 1 is 1.27 bits per heavy atom. The Bertz CT molecular complexity index is 380. The number of benzene rings is 1. The zero-order valence-electron chi connectivity index (χ0n) is 9.38. The summed E-state index contributed by atoms with van der Waals surface area (Å²) < 4.78 is 0. The Hall–Kier alpha value is -1.02. The summed E-state index contributed by atoms with van der Waals surface area (Å²) in [5.74, 6) is 0.407. The molecule has 0 radical (unpaired) electrons. The van der Waals surface area contributed by atoms with Gasteiger partial charge in [0.1, 0.15) is 5.75 Å². The molecule has 2 rings (SSSR count). The molecule has 2 N–H and O–H groups in total. The molecule has 1 aliphatic rings. The molecular formula is C13H18O2. The van der Waals surface area contributed by atoms with Gasteiger partial charge in [-0.15, -0.1) is 0 Å². The normalized spacial score (nSPS) is 15.4. The maximum absolute atomic E-state index is 10.2. The third kappa shape index (κ3) is 1.63. The van der Waals surface area contributed by atoms with Gasteiger partial charge in [0.15, 0.2) is 0 Å². The fourth-order valence-electron chi connectivity index (χ4n) is 2.28. The maximum Gasteiger partial charge on any atom is 0.122 e. The molecule has 0 unspecified atom stereocenters. The molecule has 0 fully saturated rings. The van der Waals surface area contributed by atoms with Crippen LogP contribution >= 0.6 is 0 Å². The lowest BCUT2D eigenvalue weighted by Crippen LogP contribution is -2.22. The van der Waals surface area contributed by atoms with Crippen molar-refractivity contribution >= 4 is 0 Å². The van der Waals surface area contributed by atoms with E-state index in [1.54, 1.807) is 0 Å². The van der Waals surface area contributed by atoms with E-state index in [2.05, 4.69) is 6.07 Å². The topological polar surface area (TPSA) is 40.5 Å². The molecule has 0 bridgehead atoms. The molecule has 0 saturated carbocycles. The van der Waals surface area contributed by atoms with E-state index in [0.29, 0.717) is 5.75 Å². The van der Waals surface area contributed by atoms with Gasteiger partial charge in [0.05, 0.1) is 6.61 Å². The fourth-order valence-corrected chi connectivity index (χ4v) is 2.28. The summed E-state index contributed by atoms with van der Waals surface area (Å²) >= 11 is 0. The minimum atomic E-state index is -0.359. The van der Waals surface area contributed by atoms with Crippen molar-refractivity contribution in [3.8, 4) is 5.75 Å². The van der Waals surface area contributed by atoms with E-state index in [1.807, 2.05) is 19.9 Å². The number of aliphatic hydroxyl groups excluding tert-OH is 1. The third-order valence-electron chi connectivity index (χ3n) is 3.38. The van der Waals surface area contributed by atoms with Gasteiger partial charge >= 0.3 is 0 Å². The van der Waals surface area contributed by atoms with Crippen molar-refractivity contribution in [2.24, 2.45) is 0 Å². The predicted octanol–water partition coefficient (Wildman–Crippen LogP) is 2.15. The number of hydrogen-bond donors (Lipinski definition) is 2. The van der Waals surface area contributed by atoms with Gasteiger partial charge in [0.25, 0.3) is 0 Å². The molecule has 0 spiro atoms. The van der Waals surface area contributed by atoms with Gasteiger partial charge in [-0.2, -0.15) is 0 Å². The van der Waals surface area contributed by atoms with Crippen molar-refractivity contribution in [1.82, 2.24) is 0 Å². The lowest BCUT2D eigenvalue weighted by molar-refractivity contribution is 0.215. The van der Waals surface area contributed by atoms with E-state index in [-0.39, 0.29) is 12.0 Å². The highest BCUT2D eigenvalue weighted by Crippen LogP contribution is 2.38. The Balaban J connectivity index is 2.51. The number of aryl methyl sites for hydroxylation is 1. The zero-order valence-corrected chi connectivity index (χ0v) is 9.38. The number of phenolic OH excluding ortho intramolecular Hbond substituents is 1. The summed E-state index contributed by atoms with van der Waals surface area (Å²) in [4.78, 5) is 0. The van der Waals surface area contributed by atoms with Crippen LogP contribution in [0.5, 0.6) is 5.75 Å². The highest BCUT2D eigenvalue weighted by atomic mass is 16.3. The molecule has 82 valence electrons. The Morgan fingerprint density at radius 2 is 2.00 bits per heavy atom. The minimum Gasteiger partial charge on any atom is -0.507 e. The van der Waals surface area contributed by atoms with Crippen LogP contribution in [0.1, 0.15) is 37.0 Å². The van der Waals surface area contributed by atoms with Gasteiger partial charge in [-0.1, -0.05) is 26.0 Å². The second-order valence-electron chi connectivity index (χ2n) is 4.99. The van der Waals surface area contributed by atoms with Gasteiger partial charge in [-0.3, -0.25) is 0 Å². The van der Waals surface area contributed by atoms with Gasteiger partial charge in [0.2, 0.25) is 0 Å². The van der Waals surface area contributed by atoms with E-state index in [4.69, 9.17) is 0 Å². The lowest BCUT2D eigenvalue weighted by atomic mass is 9.83. The summed E-state index contributed by atoms with van der Waals surface area (Å²) in [6.45, 7) is 3.95. The molecule has 1 aliphatic carbocycles. The molecule has 0 aromatic heterocycles. The molecule has 2 nitrogen and oxygen atoms in total. The number of rotatable bonds is 2. The molecular weight excluding hydrogens is 188 g/mol. The van der Waals surface area contributed by atoms with Gasteiger partial charge in [-0.05, 0) is 30.4 Å². The van der Waals surface area contributed by atoms with Gasteiger partial charge < -0.3 is 10.2 Å². The summed E-state index contributed by atoms with van der Waals surface area (Å²) in [5.41, 5.74) is 2.87. The Morgan fingerprint density at radius 3 is 2.67 bits per heavy atom. The first-order chi connectivity index (χ1) is 7.06. The van der Waals surface area contributed by atoms with E-state index in [9.17, 15) is 10.2 Å². The van der Waals surface area contributed by atoms with Crippen LogP contribution in [-0.2, 0) is 18.3 Å². The first kappa shape index (κ1) is 10.5. The monoisotopic (exact) mass is 206 g/mol. The van der Waals surface area contributed by atoms with Crippen molar-refractivity contribution in [3.05, 3.63) is 28.8 Å². The van der Waals surface area contributed by atoms with Crippen LogP contribution in [0.15, 0.2) is 12.1 Å². The van der Waals surface area contributed by atoms with Crippen LogP contribution in [0.3, 0.4) is 0 Å². The molecule has 1 aromatic carbocycles. The summed E-state index contributed by atoms with van der Waals surface area (Å²) in [6, 6.07) is 4.05. The van der Waals surface area contributed by atoms with Crippen LogP contribution in [0.25, 0.3) is 0 Å². The maximum atomic E-state index is 10.2. The Kier molecular flexibility index (Phi) is 2.47. The molecule has 0 aliphatic heterocycles. The number of aromatic hydroxyl groups is 1. The van der Waals surface area contributed by atoms with Crippen molar-refractivity contribution < 1.29 is 10.2 Å². The predicted molar refractivity (Wildman–Crippen MR) is 60.2 cm³/mol. The Labute approximate surface area is 90.6 Å². The second-order valence-corrected chi connectivity index (χ2v) is 4.99. The van der Waals surface area contributed by atoms with E-state index < -0.39 is 0 Å². The summed E-state index contributed by atoms with van der Waals surface area (Å²) in [6.07, 6.45) is 3.17. The van der Waals surface area contributed by atoms with Crippen molar-refractivity contribution in [2.45, 2.75) is 38.5 Å². The summed E-state index contributed by atoms with van der Waals surface area (Å²) in [7, 11) is 0. The average molecular weight is 206 g/mol. The molecule has 0 amide bonds. The largest absolute Gasteiger partial charge is 0.507 e. The molecule has 2 heteroatoms. The molecule has 0 heterocycles. The molecule has 0 saturated heterocycles. The smallest absolute Gasteiger partial charge is 0.122 e. The second kappa shape index (κ2) is 3.53. The quantitative estimate of drug-likeness (QED) is 0.778. The fraction of sp³-hybridized carbons (Fsp3) is 0.538. The standard InChI is InChI=1S/C13H18O2/c1-13(2,8-14)11-7-6-9-4-3-5-10(9)12(11)15/h6-7,14-15H,3-5,8H2,1-2H3. The highest BCUT2D eigenvalue weighted by Gasteiger charge is 2.26. The van der Waals surface area contributed by atoms with E-state index >= 15 is 0 Å². The van der Waals surface area contributed by atoms with E-state index in [0.717, 1.165) is 30.4 Å². The van der Waals surface area contributed by atoms with Crippen LogP contribution < -0.4 is 0 Å². The van der Waals surface area contributed by atoms with Gasteiger partial charge in [-0.25, -0.2) is 0 Å². The molecule has 1 aromatic rings. The van der Waals surface area contributed by atoms with Crippen LogP contribution in [0.2, 0.25) is 0 Å². The number of aliphatic hydroxyl groups is 1. The minimum absolute atomic E-state index is 0.0549. The lowest BCUT2D eigenvalue weighted by Gasteiger charge is -2.24. The van der Waals surface area contributed by atoms with Crippen molar-refractivity contribution in [1.29, 1.82) is 0 Å². The highest BCUT2D eigenvalue weighted by molar-refractivity contribution is 5.50. The first-order valence-electron chi connectivity index (χ1n) is 5.51. The number of phenols is 1. The van der Waals surface area contributed by atoms with Crippen LogP contribution in [0, 0.1) is 0 Å². The number of fused-ring (bicyclic) bond motifs is 1. The van der Waals surface area contributed by atoms with Crippen LogP contribution in [-0.4, -0.2) is 16.8 Å². The van der Waals surface area contributed by atoms with Crippen LogP contribution in [0.4, 0.5) is 0 Å². The number of hydrogen-bond acceptors (Lipinski definition) is 2. The van der Waals surface area contributed by atoms with Crippen molar-refractivity contribution in [2.75, 3.05) is 6.61 Å². The average Bonchev–Trinajstić information content (AvgIpc) is 2.66. The SMILES string of the molecule is CC(C)(CO)c1ccc2c(c1O)CCC2. The van der Waals surface area contributed by atoms with E-state index in [1.165, 1.54) is 5.56 Å². The third-order valence-corrected chi connectivity index (χ3v) is 3.38. The van der Waals surface area contributed by atoms with Gasteiger partial charge in [0, 0.05) is 11.0 Å². The van der Waals surface area contributed by atoms with Crippen molar-refractivity contribution in [3.63, 3.8) is 0 Å².